The summed E-state index contributed by atoms with van der Waals surface area (Å²) in [5, 5.41) is 16.3. The zero-order valence-corrected chi connectivity index (χ0v) is 13.2. The van der Waals surface area contributed by atoms with E-state index in [2.05, 4.69) is 9.47 Å². The van der Waals surface area contributed by atoms with E-state index in [1.165, 1.54) is 26.4 Å². The van der Waals surface area contributed by atoms with Gasteiger partial charge < -0.3 is 25.4 Å². The number of methoxy groups -OCH3 is 2. The number of carboxylic acids is 2. The van der Waals surface area contributed by atoms with Crippen LogP contribution in [0, 0.1) is 0 Å². The van der Waals surface area contributed by atoms with E-state index in [1.807, 2.05) is 0 Å². The molecule has 0 aliphatic heterocycles. The van der Waals surface area contributed by atoms with Crippen molar-refractivity contribution >= 4 is 23.9 Å². The maximum absolute atomic E-state index is 11.2. The smallest absolute Gasteiger partial charge is 0.338 e. The Hall–Kier alpha value is -2.94. The highest BCUT2D eigenvalue weighted by Gasteiger charge is 2.16. The first-order chi connectivity index (χ1) is 11.2. The van der Waals surface area contributed by atoms with Crippen molar-refractivity contribution in [2.45, 2.75) is 18.9 Å². The normalized spacial score (nSPS) is 10.6. The predicted octanol–water partition coefficient (Wildman–Crippen LogP) is 0.523. The molecule has 0 fully saturated rings. The molecule has 0 saturated carbocycles. The molecule has 4 N–H and O–H groups in total. The lowest BCUT2D eigenvalue weighted by Gasteiger charge is -2.04. The molecule has 0 aliphatic rings. The van der Waals surface area contributed by atoms with E-state index in [4.69, 9.17) is 15.9 Å². The molecular formula is C15H19NO8. The van der Waals surface area contributed by atoms with Gasteiger partial charge in [-0.1, -0.05) is 12.1 Å². The number of benzene rings is 1. The average Bonchev–Trinajstić information content (AvgIpc) is 2.58. The average molecular weight is 341 g/mol. The zero-order chi connectivity index (χ0) is 18.7. The van der Waals surface area contributed by atoms with Gasteiger partial charge in [0.15, 0.2) is 0 Å². The summed E-state index contributed by atoms with van der Waals surface area (Å²) in [5.74, 6) is -3.30. The molecule has 9 nitrogen and oxygen atoms in total. The molecule has 0 aliphatic carbocycles. The number of ether oxygens (including phenoxy) is 2. The van der Waals surface area contributed by atoms with Crippen LogP contribution in [0.1, 0.15) is 33.6 Å². The molecule has 9 heteroatoms. The monoisotopic (exact) mass is 341 g/mol. The van der Waals surface area contributed by atoms with E-state index in [1.54, 1.807) is 12.1 Å². The van der Waals surface area contributed by atoms with E-state index in [0.717, 1.165) is 0 Å². The number of carbonyl (C=O) groups is 4. The van der Waals surface area contributed by atoms with Crippen molar-refractivity contribution in [3.63, 3.8) is 0 Å². The molecule has 1 unspecified atom stereocenters. The summed E-state index contributed by atoms with van der Waals surface area (Å²) >= 11 is 0. The molecule has 0 bridgehead atoms. The van der Waals surface area contributed by atoms with Gasteiger partial charge in [-0.2, -0.15) is 0 Å². The van der Waals surface area contributed by atoms with E-state index >= 15 is 0 Å². The highest BCUT2D eigenvalue weighted by molar-refractivity contribution is 6.03. The topological polar surface area (TPSA) is 153 Å². The highest BCUT2D eigenvalue weighted by atomic mass is 16.5. The largest absolute Gasteiger partial charge is 0.481 e. The predicted molar refractivity (Wildman–Crippen MR) is 81.6 cm³/mol. The van der Waals surface area contributed by atoms with E-state index in [0.29, 0.717) is 0 Å². The second-order valence-electron chi connectivity index (χ2n) is 4.41. The maximum atomic E-state index is 11.2. The molecule has 0 amide bonds. The number of carbonyl (C=O) groups excluding carboxylic acids is 2. The molecule has 1 aromatic rings. The Balaban J connectivity index is 0.000000470. The molecule has 132 valence electrons. The number of rotatable bonds is 6. The Labute approximate surface area is 138 Å². The van der Waals surface area contributed by atoms with Crippen LogP contribution >= 0.6 is 0 Å². The van der Waals surface area contributed by atoms with Crippen molar-refractivity contribution in [2.24, 2.45) is 5.73 Å². The van der Waals surface area contributed by atoms with Crippen LogP contribution in [0.3, 0.4) is 0 Å². The third-order valence-corrected chi connectivity index (χ3v) is 2.72. The van der Waals surface area contributed by atoms with Crippen LogP contribution in [-0.2, 0) is 19.1 Å². The Kier molecular flexibility index (Phi) is 9.42. The van der Waals surface area contributed by atoms with Crippen LogP contribution in [0.25, 0.3) is 0 Å². The standard InChI is InChI=1S/C10H10O4.C5H9NO4/c1-13-9(11)7-5-3-4-6-8(7)10(12)14-2;6-3(5(9)10)1-2-4(7)8/h3-6H,1-2H3;3H,1-2,6H2,(H,7,8)(H,9,10). The third-order valence-electron chi connectivity index (χ3n) is 2.72. The summed E-state index contributed by atoms with van der Waals surface area (Å²) in [4.78, 5) is 42.3. The van der Waals surface area contributed by atoms with Crippen LogP contribution in [0.2, 0.25) is 0 Å². The molecule has 0 aromatic heterocycles. The van der Waals surface area contributed by atoms with E-state index in [9.17, 15) is 19.2 Å². The van der Waals surface area contributed by atoms with E-state index < -0.39 is 29.9 Å². The summed E-state index contributed by atoms with van der Waals surface area (Å²) in [7, 11) is 2.52. The minimum Gasteiger partial charge on any atom is -0.481 e. The minimum absolute atomic E-state index is 0.0231. The number of carboxylic acid groups (broad SMARTS) is 2. The Bertz CT molecular complexity index is 564. The van der Waals surface area contributed by atoms with Gasteiger partial charge in [0.1, 0.15) is 6.04 Å². The van der Waals surface area contributed by atoms with Gasteiger partial charge in [-0.3, -0.25) is 9.59 Å². The SMILES string of the molecule is COC(=O)c1ccccc1C(=O)OC.NC(CCC(=O)O)C(=O)O. The quantitative estimate of drug-likeness (QED) is 0.628. The summed E-state index contributed by atoms with van der Waals surface area (Å²) < 4.78 is 9.05. The number of aliphatic carboxylic acids is 2. The molecule has 1 aromatic carbocycles. The summed E-state index contributed by atoms with van der Waals surface area (Å²) in [6, 6.07) is 5.27. The Morgan fingerprint density at radius 3 is 1.71 bits per heavy atom. The lowest BCUT2D eigenvalue weighted by Crippen LogP contribution is -2.30. The van der Waals surface area contributed by atoms with Crippen LogP contribution < -0.4 is 5.73 Å². The summed E-state index contributed by atoms with van der Waals surface area (Å²) in [6.45, 7) is 0. The van der Waals surface area contributed by atoms with Crippen LogP contribution in [0.4, 0.5) is 0 Å². The second-order valence-corrected chi connectivity index (χ2v) is 4.41. The van der Waals surface area contributed by atoms with Gasteiger partial charge in [0.05, 0.1) is 25.3 Å². The lowest BCUT2D eigenvalue weighted by atomic mass is 10.1. The van der Waals surface area contributed by atoms with E-state index in [-0.39, 0.29) is 24.0 Å². The fraction of sp³-hybridized carbons (Fsp3) is 0.333. The summed E-state index contributed by atoms with van der Waals surface area (Å²) in [5.41, 5.74) is 5.42. The van der Waals surface area contributed by atoms with Gasteiger partial charge >= 0.3 is 23.9 Å². The van der Waals surface area contributed by atoms with Crippen LogP contribution in [-0.4, -0.2) is 54.4 Å². The molecule has 1 rings (SSSR count). The number of nitrogens with two attached hydrogens (primary N) is 1. The molecule has 0 radical (unpaired) electrons. The van der Waals surface area contributed by atoms with Gasteiger partial charge in [0, 0.05) is 6.42 Å². The molecule has 24 heavy (non-hydrogen) atoms. The van der Waals surface area contributed by atoms with Crippen molar-refractivity contribution in [2.75, 3.05) is 14.2 Å². The minimum atomic E-state index is -1.17. The Morgan fingerprint density at radius 2 is 1.42 bits per heavy atom. The Morgan fingerprint density at radius 1 is 1.00 bits per heavy atom. The van der Waals surface area contributed by atoms with Gasteiger partial charge in [0.25, 0.3) is 0 Å². The van der Waals surface area contributed by atoms with Crippen molar-refractivity contribution in [3.05, 3.63) is 35.4 Å². The van der Waals surface area contributed by atoms with Crippen molar-refractivity contribution in [1.29, 1.82) is 0 Å². The van der Waals surface area contributed by atoms with Crippen molar-refractivity contribution in [1.82, 2.24) is 0 Å². The second kappa shape index (κ2) is 10.7. The van der Waals surface area contributed by atoms with Gasteiger partial charge in [-0.15, -0.1) is 0 Å². The third kappa shape index (κ3) is 7.36. The summed E-state index contributed by atoms with van der Waals surface area (Å²) in [6.07, 6.45) is -0.224. The number of esters is 2. The number of hydrogen-bond donors (Lipinski definition) is 3. The van der Waals surface area contributed by atoms with Crippen LogP contribution in [0.5, 0.6) is 0 Å². The first-order valence-corrected chi connectivity index (χ1v) is 6.70. The molecule has 1 atom stereocenters. The van der Waals surface area contributed by atoms with Crippen molar-refractivity contribution < 1.29 is 38.9 Å². The lowest BCUT2D eigenvalue weighted by molar-refractivity contribution is -0.139. The van der Waals surface area contributed by atoms with Gasteiger partial charge in [-0.25, -0.2) is 9.59 Å². The number of hydrogen-bond acceptors (Lipinski definition) is 7. The molecule has 0 saturated heterocycles. The zero-order valence-electron chi connectivity index (χ0n) is 13.2. The molecular weight excluding hydrogens is 322 g/mol. The molecule has 0 heterocycles. The molecule has 0 spiro atoms. The first-order valence-electron chi connectivity index (χ1n) is 6.70. The van der Waals surface area contributed by atoms with Gasteiger partial charge in [-0.05, 0) is 18.6 Å². The maximum Gasteiger partial charge on any atom is 0.338 e. The van der Waals surface area contributed by atoms with Crippen LogP contribution in [0.15, 0.2) is 24.3 Å². The first kappa shape index (κ1) is 21.1. The fourth-order valence-electron chi connectivity index (χ4n) is 1.46. The highest BCUT2D eigenvalue weighted by Crippen LogP contribution is 2.10. The fourth-order valence-corrected chi connectivity index (χ4v) is 1.46. The van der Waals surface area contributed by atoms with Crippen molar-refractivity contribution in [3.8, 4) is 0 Å². The van der Waals surface area contributed by atoms with Gasteiger partial charge in [0.2, 0.25) is 0 Å².